The van der Waals surface area contributed by atoms with Gasteiger partial charge in [-0.2, -0.15) is 0 Å². The number of benzene rings is 1. The minimum absolute atomic E-state index is 0.105. The third-order valence-corrected chi connectivity index (χ3v) is 6.13. The highest BCUT2D eigenvalue weighted by molar-refractivity contribution is 6.89. The summed E-state index contributed by atoms with van der Waals surface area (Å²) in [6.45, 7) is 4.57. The molecule has 3 heteroatoms. The van der Waals surface area contributed by atoms with Gasteiger partial charge in [0, 0.05) is 6.42 Å². The molecule has 0 saturated carbocycles. The van der Waals surface area contributed by atoms with Crippen molar-refractivity contribution in [3.63, 3.8) is 0 Å². The zero-order valence-corrected chi connectivity index (χ0v) is 10.6. The van der Waals surface area contributed by atoms with Crippen molar-refractivity contribution in [1.29, 1.82) is 0 Å². The van der Waals surface area contributed by atoms with Gasteiger partial charge in [0.25, 0.3) is 0 Å². The maximum Gasteiger partial charge on any atom is 0.305 e. The van der Waals surface area contributed by atoms with Crippen molar-refractivity contribution in [3.05, 3.63) is 30.3 Å². The summed E-state index contributed by atoms with van der Waals surface area (Å²) in [5.41, 5.74) is 0. The second kappa shape index (κ2) is 5.12. The molecule has 0 N–H and O–H groups in total. The van der Waals surface area contributed by atoms with Crippen LogP contribution in [0.5, 0.6) is 0 Å². The Morgan fingerprint density at radius 1 is 1.27 bits per heavy atom. The van der Waals surface area contributed by atoms with Gasteiger partial charge in [-0.25, -0.2) is 0 Å². The van der Waals surface area contributed by atoms with E-state index in [-0.39, 0.29) is 5.97 Å². The molecule has 15 heavy (non-hydrogen) atoms. The number of carbonyl (C=O) groups is 1. The monoisotopic (exact) mass is 222 g/mol. The highest BCUT2D eigenvalue weighted by Gasteiger charge is 2.23. The van der Waals surface area contributed by atoms with Gasteiger partial charge in [0.05, 0.1) is 15.2 Å². The van der Waals surface area contributed by atoms with E-state index in [1.807, 2.05) is 6.07 Å². The quantitative estimate of drug-likeness (QED) is 0.576. The normalized spacial score (nSPS) is 11.1. The molecule has 0 fully saturated rings. The molecule has 0 radical (unpaired) electrons. The predicted octanol–water partition coefficient (Wildman–Crippen LogP) is 2.17. The number of hydrogen-bond acceptors (Lipinski definition) is 2. The summed E-state index contributed by atoms with van der Waals surface area (Å²) < 4.78 is 4.66. The Labute approximate surface area is 92.3 Å². The molecule has 0 aromatic heterocycles. The molecule has 0 amide bonds. The fourth-order valence-electron chi connectivity index (χ4n) is 1.55. The van der Waals surface area contributed by atoms with Gasteiger partial charge in [-0.3, -0.25) is 4.79 Å². The van der Waals surface area contributed by atoms with E-state index in [2.05, 4.69) is 42.1 Å². The van der Waals surface area contributed by atoms with Crippen LogP contribution in [0.1, 0.15) is 6.42 Å². The first-order chi connectivity index (χ1) is 7.06. The number of hydrogen-bond donors (Lipinski definition) is 0. The van der Waals surface area contributed by atoms with E-state index < -0.39 is 8.07 Å². The molecule has 1 rings (SSSR count). The van der Waals surface area contributed by atoms with Gasteiger partial charge in [0.2, 0.25) is 0 Å². The van der Waals surface area contributed by atoms with Gasteiger partial charge in [-0.15, -0.1) is 0 Å². The largest absolute Gasteiger partial charge is 0.469 e. The van der Waals surface area contributed by atoms with Crippen molar-refractivity contribution in [2.75, 3.05) is 7.11 Å². The van der Waals surface area contributed by atoms with Crippen molar-refractivity contribution in [1.82, 2.24) is 0 Å². The Balaban J connectivity index is 2.63. The first-order valence-electron chi connectivity index (χ1n) is 5.18. The molecule has 82 valence electrons. The van der Waals surface area contributed by atoms with Crippen LogP contribution in [0.15, 0.2) is 30.3 Å². The van der Waals surface area contributed by atoms with E-state index in [9.17, 15) is 4.79 Å². The number of carbonyl (C=O) groups excluding carboxylic acids is 1. The Kier molecular flexibility index (Phi) is 4.09. The summed E-state index contributed by atoms with van der Waals surface area (Å²) >= 11 is 0. The van der Waals surface area contributed by atoms with Gasteiger partial charge in [-0.1, -0.05) is 48.6 Å². The van der Waals surface area contributed by atoms with E-state index in [0.717, 1.165) is 6.04 Å². The highest BCUT2D eigenvalue weighted by atomic mass is 28.3. The van der Waals surface area contributed by atoms with Crippen LogP contribution in [0.4, 0.5) is 0 Å². The molecule has 0 heterocycles. The summed E-state index contributed by atoms with van der Waals surface area (Å²) in [6.07, 6.45) is 0.532. The number of methoxy groups -OCH3 is 1. The number of ether oxygens (including phenoxy) is 1. The van der Waals surface area contributed by atoms with Crippen molar-refractivity contribution < 1.29 is 9.53 Å². The van der Waals surface area contributed by atoms with Gasteiger partial charge in [0.1, 0.15) is 0 Å². The van der Waals surface area contributed by atoms with E-state index in [1.54, 1.807) is 0 Å². The van der Waals surface area contributed by atoms with E-state index in [1.165, 1.54) is 12.3 Å². The van der Waals surface area contributed by atoms with Crippen LogP contribution in [0.2, 0.25) is 19.1 Å². The summed E-state index contributed by atoms with van der Waals surface area (Å²) in [5, 5.41) is 1.40. The molecular weight excluding hydrogens is 204 g/mol. The molecule has 1 aromatic carbocycles. The molecule has 0 atom stereocenters. The first-order valence-corrected chi connectivity index (χ1v) is 8.39. The van der Waals surface area contributed by atoms with Crippen molar-refractivity contribution >= 4 is 19.2 Å². The Morgan fingerprint density at radius 3 is 2.40 bits per heavy atom. The topological polar surface area (TPSA) is 26.3 Å². The van der Waals surface area contributed by atoms with E-state index in [4.69, 9.17) is 0 Å². The molecule has 2 nitrogen and oxygen atoms in total. The van der Waals surface area contributed by atoms with E-state index in [0.29, 0.717) is 6.42 Å². The van der Waals surface area contributed by atoms with Gasteiger partial charge in [-0.05, 0) is 6.04 Å². The number of rotatable bonds is 4. The fraction of sp³-hybridized carbons (Fsp3) is 0.417. The van der Waals surface area contributed by atoms with Crippen molar-refractivity contribution in [2.24, 2.45) is 0 Å². The van der Waals surface area contributed by atoms with Crippen LogP contribution < -0.4 is 5.19 Å². The van der Waals surface area contributed by atoms with Crippen molar-refractivity contribution in [2.45, 2.75) is 25.6 Å². The van der Waals surface area contributed by atoms with Crippen LogP contribution in [0.3, 0.4) is 0 Å². The maximum atomic E-state index is 11.1. The zero-order valence-electron chi connectivity index (χ0n) is 9.62. The second-order valence-corrected chi connectivity index (χ2v) is 9.17. The predicted molar refractivity (Wildman–Crippen MR) is 65.0 cm³/mol. The maximum absolute atomic E-state index is 11.1. The van der Waals surface area contributed by atoms with Crippen LogP contribution in [0.25, 0.3) is 0 Å². The molecule has 0 aliphatic carbocycles. The lowest BCUT2D eigenvalue weighted by molar-refractivity contribution is -0.140. The average molecular weight is 222 g/mol. The standard InChI is InChI=1S/C12H18O2Si/c1-14-12(13)9-10-15(2,3)11-7-5-4-6-8-11/h4-8H,9-10H2,1-3H3. The molecule has 0 spiro atoms. The average Bonchev–Trinajstić information content (AvgIpc) is 2.27. The summed E-state index contributed by atoms with van der Waals surface area (Å²) in [4.78, 5) is 11.1. The molecule has 0 aliphatic heterocycles. The third kappa shape index (κ3) is 3.51. The Hall–Kier alpha value is -1.09. The zero-order chi connectivity index (χ0) is 11.3. The number of esters is 1. The minimum Gasteiger partial charge on any atom is -0.469 e. The molecule has 0 saturated heterocycles. The molecule has 0 aliphatic rings. The fourth-order valence-corrected chi connectivity index (χ4v) is 3.76. The summed E-state index contributed by atoms with van der Waals surface area (Å²) in [5.74, 6) is -0.105. The molecular formula is C12H18O2Si. The van der Waals surface area contributed by atoms with Crippen LogP contribution >= 0.6 is 0 Å². The third-order valence-electron chi connectivity index (χ3n) is 2.74. The van der Waals surface area contributed by atoms with Crippen molar-refractivity contribution in [3.8, 4) is 0 Å². The van der Waals surface area contributed by atoms with Crippen LogP contribution in [0, 0.1) is 0 Å². The molecule has 0 unspecified atom stereocenters. The first kappa shape index (κ1) is 12.0. The lowest BCUT2D eigenvalue weighted by Gasteiger charge is -2.22. The SMILES string of the molecule is COC(=O)CC[Si](C)(C)c1ccccc1. The van der Waals surface area contributed by atoms with Crippen LogP contribution in [-0.4, -0.2) is 21.2 Å². The lowest BCUT2D eigenvalue weighted by atomic mass is 10.4. The molecule has 0 bridgehead atoms. The van der Waals surface area contributed by atoms with Gasteiger partial charge < -0.3 is 4.74 Å². The van der Waals surface area contributed by atoms with Gasteiger partial charge >= 0.3 is 5.97 Å². The summed E-state index contributed by atoms with van der Waals surface area (Å²) in [6, 6.07) is 11.4. The lowest BCUT2D eigenvalue weighted by Crippen LogP contribution is -2.41. The van der Waals surface area contributed by atoms with Gasteiger partial charge in [0.15, 0.2) is 0 Å². The van der Waals surface area contributed by atoms with E-state index >= 15 is 0 Å². The molecule has 1 aromatic rings. The Morgan fingerprint density at radius 2 is 1.87 bits per heavy atom. The second-order valence-electron chi connectivity index (χ2n) is 4.33. The summed E-state index contributed by atoms with van der Waals surface area (Å²) in [7, 11) is -0.0154. The minimum atomic E-state index is -1.46. The smallest absolute Gasteiger partial charge is 0.305 e. The van der Waals surface area contributed by atoms with Crippen LogP contribution in [-0.2, 0) is 9.53 Å². The highest BCUT2D eigenvalue weighted by Crippen LogP contribution is 2.12. The Bertz CT molecular complexity index is 320.